The Morgan fingerprint density at radius 2 is 2.12 bits per heavy atom. The fourth-order valence-corrected chi connectivity index (χ4v) is 3.72. The second-order valence-electron chi connectivity index (χ2n) is 7.13. The molecule has 1 heterocycles. The fourth-order valence-electron chi connectivity index (χ4n) is 3.08. The van der Waals surface area contributed by atoms with Crippen LogP contribution < -0.4 is 10.3 Å². The van der Waals surface area contributed by atoms with Gasteiger partial charge in [0, 0.05) is 22.5 Å². The molecule has 3 aromatic rings. The maximum absolute atomic E-state index is 13.1. The second kappa shape index (κ2) is 11.2. The lowest BCUT2D eigenvalue weighted by Gasteiger charge is -2.10. The number of ether oxygens (including phenoxy) is 2. The number of hydrogen-bond acceptors (Lipinski definition) is 8. The summed E-state index contributed by atoms with van der Waals surface area (Å²) in [6.45, 7) is 1.48. The third kappa shape index (κ3) is 5.78. The van der Waals surface area contributed by atoms with Crippen LogP contribution in [0.3, 0.4) is 0 Å². The van der Waals surface area contributed by atoms with Gasteiger partial charge in [-0.1, -0.05) is 40.9 Å². The average molecular weight is 552 g/mol. The molecule has 0 saturated carbocycles. The fraction of sp³-hybridized carbons (Fsp3) is 0.273. The maximum Gasteiger partial charge on any atom is 0.343 e. The van der Waals surface area contributed by atoms with Crippen molar-refractivity contribution in [2.45, 2.75) is 26.2 Å². The standard InChI is InChI=1S/C22H20BrClN4O6/c1-3-4-5-19-26-17-7-6-14(23)10-15(17)22(30)27(19)25-11-13-8-16(24)21(18(9-13)28(31)32)34-12-20(29)33-2/h6-11H,3-5,12H2,1-2H3. The van der Waals surface area contributed by atoms with Crippen LogP contribution >= 0.6 is 27.5 Å². The molecule has 0 aliphatic carbocycles. The van der Waals surface area contributed by atoms with Gasteiger partial charge in [0.2, 0.25) is 5.75 Å². The number of nitrogens with zero attached hydrogens (tertiary/aromatic N) is 4. The monoisotopic (exact) mass is 550 g/mol. The Kier molecular flexibility index (Phi) is 8.35. The van der Waals surface area contributed by atoms with Crippen molar-refractivity contribution < 1.29 is 19.2 Å². The summed E-state index contributed by atoms with van der Waals surface area (Å²) in [5, 5.41) is 16.1. The van der Waals surface area contributed by atoms with E-state index >= 15 is 0 Å². The lowest BCUT2D eigenvalue weighted by molar-refractivity contribution is -0.385. The molecule has 1 aromatic heterocycles. The number of methoxy groups -OCH3 is 1. The van der Waals surface area contributed by atoms with Gasteiger partial charge in [-0.25, -0.2) is 9.78 Å². The van der Waals surface area contributed by atoms with Gasteiger partial charge in [-0.15, -0.1) is 0 Å². The third-order valence-electron chi connectivity index (χ3n) is 4.76. The summed E-state index contributed by atoms with van der Waals surface area (Å²) in [5.41, 5.74) is -0.0226. The van der Waals surface area contributed by atoms with Gasteiger partial charge < -0.3 is 9.47 Å². The van der Waals surface area contributed by atoms with Crippen molar-refractivity contribution in [3.8, 4) is 5.75 Å². The Morgan fingerprint density at radius 1 is 1.35 bits per heavy atom. The largest absolute Gasteiger partial charge is 0.474 e. The highest BCUT2D eigenvalue weighted by Crippen LogP contribution is 2.35. The quantitative estimate of drug-likeness (QED) is 0.166. The highest BCUT2D eigenvalue weighted by molar-refractivity contribution is 9.10. The molecular formula is C22H20BrClN4O6. The summed E-state index contributed by atoms with van der Waals surface area (Å²) in [6, 6.07) is 7.78. The minimum Gasteiger partial charge on any atom is -0.474 e. The van der Waals surface area contributed by atoms with E-state index in [-0.39, 0.29) is 21.9 Å². The number of hydrogen-bond donors (Lipinski definition) is 0. The van der Waals surface area contributed by atoms with Gasteiger partial charge in [0.25, 0.3) is 5.56 Å². The number of unbranched alkanes of at least 4 members (excludes halogenated alkanes) is 1. The lowest BCUT2D eigenvalue weighted by atomic mass is 10.2. The smallest absolute Gasteiger partial charge is 0.343 e. The molecule has 0 aliphatic heterocycles. The van der Waals surface area contributed by atoms with Gasteiger partial charge in [-0.05, 0) is 30.7 Å². The summed E-state index contributed by atoms with van der Waals surface area (Å²) in [4.78, 5) is 39.9. The van der Waals surface area contributed by atoms with Crippen LogP contribution in [0.25, 0.3) is 10.9 Å². The number of nitro groups is 1. The number of aromatic nitrogens is 2. The van der Waals surface area contributed by atoms with Gasteiger partial charge in [0.05, 0.1) is 34.2 Å². The van der Waals surface area contributed by atoms with Crippen LogP contribution in [0.4, 0.5) is 5.69 Å². The highest BCUT2D eigenvalue weighted by Gasteiger charge is 2.21. The van der Waals surface area contributed by atoms with Crippen molar-refractivity contribution in [1.82, 2.24) is 9.66 Å². The number of fused-ring (bicyclic) bond motifs is 1. The van der Waals surface area contributed by atoms with E-state index in [1.165, 1.54) is 30.1 Å². The predicted octanol–water partition coefficient (Wildman–Crippen LogP) is 4.50. The molecule has 0 atom stereocenters. The van der Waals surface area contributed by atoms with E-state index in [2.05, 4.69) is 30.8 Å². The molecule has 178 valence electrons. The van der Waals surface area contributed by atoms with Crippen molar-refractivity contribution in [2.75, 3.05) is 13.7 Å². The summed E-state index contributed by atoms with van der Waals surface area (Å²) in [7, 11) is 1.17. The Hall–Kier alpha value is -3.31. The van der Waals surface area contributed by atoms with Crippen molar-refractivity contribution >= 4 is 56.3 Å². The van der Waals surface area contributed by atoms with E-state index in [9.17, 15) is 19.7 Å². The molecular weight excluding hydrogens is 532 g/mol. The van der Waals surface area contributed by atoms with Crippen LogP contribution in [0.1, 0.15) is 31.2 Å². The van der Waals surface area contributed by atoms with Crippen LogP contribution in [0.5, 0.6) is 5.75 Å². The first kappa shape index (κ1) is 25.3. The number of benzene rings is 2. The van der Waals surface area contributed by atoms with Crippen molar-refractivity contribution in [3.63, 3.8) is 0 Å². The second-order valence-corrected chi connectivity index (χ2v) is 8.45. The summed E-state index contributed by atoms with van der Waals surface area (Å²) >= 11 is 9.54. The zero-order valence-electron chi connectivity index (χ0n) is 18.3. The van der Waals surface area contributed by atoms with Gasteiger partial charge in [-0.3, -0.25) is 14.9 Å². The zero-order chi connectivity index (χ0) is 24.8. The van der Waals surface area contributed by atoms with E-state index in [0.29, 0.717) is 23.1 Å². The summed E-state index contributed by atoms with van der Waals surface area (Å²) in [6.07, 6.45) is 3.50. The normalized spacial score (nSPS) is 11.2. The van der Waals surface area contributed by atoms with Crippen molar-refractivity contribution in [1.29, 1.82) is 0 Å². The molecule has 0 saturated heterocycles. The van der Waals surface area contributed by atoms with Crippen LogP contribution in [0.15, 0.2) is 44.7 Å². The average Bonchev–Trinajstić information content (AvgIpc) is 2.81. The predicted molar refractivity (Wildman–Crippen MR) is 131 cm³/mol. The minimum absolute atomic E-state index is 0.0985. The molecule has 0 unspecified atom stereocenters. The van der Waals surface area contributed by atoms with Crippen LogP contribution in [0, 0.1) is 10.1 Å². The Bertz CT molecular complexity index is 1340. The van der Waals surface area contributed by atoms with Crippen LogP contribution in [-0.2, 0) is 16.0 Å². The molecule has 0 fully saturated rings. The molecule has 12 heteroatoms. The van der Waals surface area contributed by atoms with Gasteiger partial charge >= 0.3 is 11.7 Å². The number of carbonyl (C=O) groups is 1. The first-order chi connectivity index (χ1) is 16.2. The molecule has 34 heavy (non-hydrogen) atoms. The lowest BCUT2D eigenvalue weighted by Crippen LogP contribution is -2.22. The number of aryl methyl sites for hydroxylation is 1. The number of esters is 1. The number of halogens is 2. The summed E-state index contributed by atoms with van der Waals surface area (Å²) < 4.78 is 11.6. The van der Waals surface area contributed by atoms with Crippen molar-refractivity contribution in [2.24, 2.45) is 5.10 Å². The highest BCUT2D eigenvalue weighted by atomic mass is 79.9. The van der Waals surface area contributed by atoms with E-state index in [4.69, 9.17) is 16.3 Å². The third-order valence-corrected chi connectivity index (χ3v) is 5.53. The number of rotatable bonds is 9. The first-order valence-corrected chi connectivity index (χ1v) is 11.3. The molecule has 10 nitrogen and oxygen atoms in total. The summed E-state index contributed by atoms with van der Waals surface area (Å²) in [5.74, 6) is -0.519. The van der Waals surface area contributed by atoms with Gasteiger partial charge in [0.15, 0.2) is 6.61 Å². The molecule has 0 spiro atoms. The Balaban J connectivity index is 2.06. The topological polar surface area (TPSA) is 126 Å². The maximum atomic E-state index is 13.1. The first-order valence-electron chi connectivity index (χ1n) is 10.2. The number of carbonyl (C=O) groups excluding carboxylic acids is 1. The molecule has 0 bridgehead atoms. The molecule has 0 aliphatic rings. The van der Waals surface area contributed by atoms with Gasteiger partial charge in [0.1, 0.15) is 5.82 Å². The zero-order valence-corrected chi connectivity index (χ0v) is 20.6. The van der Waals surface area contributed by atoms with Crippen LogP contribution in [0.2, 0.25) is 5.02 Å². The minimum atomic E-state index is -0.717. The van der Waals surface area contributed by atoms with E-state index in [1.807, 2.05) is 6.92 Å². The SMILES string of the molecule is CCCCc1nc2ccc(Br)cc2c(=O)n1N=Cc1cc(Cl)c(OCC(=O)OC)c([N+](=O)[O-])c1. The molecule has 0 N–H and O–H groups in total. The van der Waals surface area contributed by atoms with E-state index in [1.54, 1.807) is 18.2 Å². The van der Waals surface area contributed by atoms with Crippen LogP contribution in [-0.4, -0.2) is 40.5 Å². The molecule has 2 aromatic carbocycles. The number of nitro benzene ring substituents is 1. The van der Waals surface area contributed by atoms with Gasteiger partial charge in [-0.2, -0.15) is 9.78 Å². The molecule has 0 radical (unpaired) electrons. The Morgan fingerprint density at radius 3 is 2.79 bits per heavy atom. The Labute approximate surface area is 207 Å². The van der Waals surface area contributed by atoms with Crippen molar-refractivity contribution in [3.05, 3.63) is 71.7 Å². The molecule has 3 rings (SSSR count). The van der Waals surface area contributed by atoms with E-state index < -0.39 is 23.2 Å². The van der Waals surface area contributed by atoms with E-state index in [0.717, 1.165) is 17.3 Å². The molecule has 0 amide bonds.